The molecule has 2 N–H and O–H groups in total. The maximum absolute atomic E-state index is 4.56. The van der Waals surface area contributed by atoms with Gasteiger partial charge in [0.05, 0.1) is 17.2 Å². The second-order valence-electron chi connectivity index (χ2n) is 4.36. The van der Waals surface area contributed by atoms with Crippen molar-refractivity contribution >= 4 is 17.0 Å². The third kappa shape index (κ3) is 1.73. The number of fused-ring (bicyclic) bond motifs is 1. The Morgan fingerprint density at radius 1 is 1.33 bits per heavy atom. The summed E-state index contributed by atoms with van der Waals surface area (Å²) < 4.78 is 2.06. The predicted octanol–water partition coefficient (Wildman–Crippen LogP) is 2.22. The Hall–Kier alpha value is -2.30. The van der Waals surface area contributed by atoms with E-state index in [1.165, 1.54) is 0 Å². The number of hydrogen-bond donors (Lipinski definition) is 2. The standard InChI is InChI=1S/C13H15N5/c1-9-10(8-15-17-9)7-14-13-16-11-5-3-4-6-12(11)18(13)2/h3-6,8H,7H2,1-2H3,(H,14,16)(H,15,17). The molecule has 0 aliphatic heterocycles. The smallest absolute Gasteiger partial charge is 0.203 e. The fourth-order valence-corrected chi connectivity index (χ4v) is 2.03. The van der Waals surface area contributed by atoms with Gasteiger partial charge >= 0.3 is 0 Å². The first kappa shape index (κ1) is 10.8. The average Bonchev–Trinajstić information content (AvgIpc) is 2.92. The van der Waals surface area contributed by atoms with Gasteiger partial charge in [0.15, 0.2) is 0 Å². The van der Waals surface area contributed by atoms with E-state index >= 15 is 0 Å². The minimum absolute atomic E-state index is 0.722. The summed E-state index contributed by atoms with van der Waals surface area (Å²) in [6.45, 7) is 2.73. The van der Waals surface area contributed by atoms with Crippen molar-refractivity contribution < 1.29 is 0 Å². The van der Waals surface area contributed by atoms with Crippen LogP contribution in [0, 0.1) is 6.92 Å². The topological polar surface area (TPSA) is 58.5 Å². The van der Waals surface area contributed by atoms with Gasteiger partial charge in [0, 0.05) is 24.8 Å². The van der Waals surface area contributed by atoms with E-state index in [4.69, 9.17) is 0 Å². The summed E-state index contributed by atoms with van der Waals surface area (Å²) >= 11 is 0. The van der Waals surface area contributed by atoms with Crippen LogP contribution < -0.4 is 5.32 Å². The first-order valence-electron chi connectivity index (χ1n) is 5.90. The maximum Gasteiger partial charge on any atom is 0.203 e. The first-order chi connectivity index (χ1) is 8.75. The summed E-state index contributed by atoms with van der Waals surface area (Å²) in [5.41, 5.74) is 4.37. The SMILES string of the molecule is Cc1[nH]ncc1CNc1nc2ccccc2n1C. The Morgan fingerprint density at radius 3 is 2.89 bits per heavy atom. The Labute approximate surface area is 105 Å². The van der Waals surface area contributed by atoms with Crippen LogP contribution in [0.4, 0.5) is 5.95 Å². The molecule has 0 aliphatic carbocycles. The van der Waals surface area contributed by atoms with Gasteiger partial charge in [-0.25, -0.2) is 4.98 Å². The van der Waals surface area contributed by atoms with Crippen molar-refractivity contribution in [1.29, 1.82) is 0 Å². The van der Waals surface area contributed by atoms with E-state index in [0.29, 0.717) is 0 Å². The number of anilines is 1. The molecule has 2 aromatic heterocycles. The van der Waals surface area contributed by atoms with Gasteiger partial charge in [-0.2, -0.15) is 5.10 Å². The van der Waals surface area contributed by atoms with Gasteiger partial charge in [0.25, 0.3) is 0 Å². The number of benzene rings is 1. The lowest BCUT2D eigenvalue weighted by atomic mass is 10.3. The average molecular weight is 241 g/mol. The van der Waals surface area contributed by atoms with Gasteiger partial charge in [-0.05, 0) is 19.1 Å². The summed E-state index contributed by atoms with van der Waals surface area (Å²) in [5.74, 6) is 0.872. The molecule has 0 saturated heterocycles. The van der Waals surface area contributed by atoms with Crippen molar-refractivity contribution in [1.82, 2.24) is 19.7 Å². The van der Waals surface area contributed by atoms with E-state index in [1.807, 2.05) is 38.4 Å². The van der Waals surface area contributed by atoms with Crippen molar-refractivity contribution in [2.75, 3.05) is 5.32 Å². The van der Waals surface area contributed by atoms with E-state index in [0.717, 1.165) is 34.8 Å². The summed E-state index contributed by atoms with van der Waals surface area (Å²) in [7, 11) is 2.01. The molecule has 0 saturated carbocycles. The quantitative estimate of drug-likeness (QED) is 0.739. The molecule has 0 radical (unpaired) electrons. The van der Waals surface area contributed by atoms with Crippen molar-refractivity contribution in [3.05, 3.63) is 41.7 Å². The molecule has 5 heteroatoms. The highest BCUT2D eigenvalue weighted by Gasteiger charge is 2.07. The van der Waals surface area contributed by atoms with Gasteiger partial charge in [0.2, 0.25) is 5.95 Å². The highest BCUT2D eigenvalue weighted by atomic mass is 15.2. The largest absolute Gasteiger partial charge is 0.351 e. The van der Waals surface area contributed by atoms with Crippen LogP contribution in [0.25, 0.3) is 11.0 Å². The zero-order valence-corrected chi connectivity index (χ0v) is 10.4. The van der Waals surface area contributed by atoms with Crippen LogP contribution in [0.3, 0.4) is 0 Å². The summed E-state index contributed by atoms with van der Waals surface area (Å²) in [4.78, 5) is 4.56. The number of aromatic amines is 1. The van der Waals surface area contributed by atoms with Crippen molar-refractivity contribution in [3.8, 4) is 0 Å². The Kier molecular flexibility index (Phi) is 2.51. The third-order valence-electron chi connectivity index (χ3n) is 3.16. The van der Waals surface area contributed by atoms with Gasteiger partial charge in [-0.1, -0.05) is 12.1 Å². The van der Waals surface area contributed by atoms with Crippen LogP contribution in [0.1, 0.15) is 11.3 Å². The number of rotatable bonds is 3. The number of H-pyrrole nitrogens is 1. The number of imidazole rings is 1. The van der Waals surface area contributed by atoms with Gasteiger partial charge in [-0.15, -0.1) is 0 Å². The van der Waals surface area contributed by atoms with Crippen LogP contribution in [0.15, 0.2) is 30.5 Å². The molecule has 18 heavy (non-hydrogen) atoms. The Bertz CT molecular complexity index is 680. The molecule has 0 amide bonds. The zero-order valence-electron chi connectivity index (χ0n) is 10.4. The number of aryl methyl sites for hydroxylation is 2. The van der Waals surface area contributed by atoms with Crippen LogP contribution in [-0.2, 0) is 13.6 Å². The van der Waals surface area contributed by atoms with Crippen LogP contribution in [0.5, 0.6) is 0 Å². The van der Waals surface area contributed by atoms with Gasteiger partial charge in [-0.3, -0.25) is 5.10 Å². The minimum Gasteiger partial charge on any atom is -0.351 e. The number of aromatic nitrogens is 4. The van der Waals surface area contributed by atoms with Gasteiger partial charge < -0.3 is 9.88 Å². The van der Waals surface area contributed by atoms with Gasteiger partial charge in [0.1, 0.15) is 0 Å². The monoisotopic (exact) mass is 241 g/mol. The normalized spacial score (nSPS) is 11.0. The molecule has 0 fully saturated rings. The molecular formula is C13H15N5. The molecule has 92 valence electrons. The van der Waals surface area contributed by atoms with E-state index < -0.39 is 0 Å². The van der Waals surface area contributed by atoms with Crippen LogP contribution in [0.2, 0.25) is 0 Å². The summed E-state index contributed by atoms with van der Waals surface area (Å²) in [5, 5.41) is 10.3. The molecule has 5 nitrogen and oxygen atoms in total. The number of hydrogen-bond acceptors (Lipinski definition) is 3. The molecular weight excluding hydrogens is 226 g/mol. The van der Waals surface area contributed by atoms with E-state index in [2.05, 4.69) is 31.1 Å². The zero-order chi connectivity index (χ0) is 12.5. The van der Waals surface area contributed by atoms with Crippen molar-refractivity contribution in [2.45, 2.75) is 13.5 Å². The molecule has 1 aromatic carbocycles. The summed E-state index contributed by atoms with van der Waals surface area (Å²) in [6, 6.07) is 8.10. The maximum atomic E-state index is 4.56. The fourth-order valence-electron chi connectivity index (χ4n) is 2.03. The van der Waals surface area contributed by atoms with E-state index in [1.54, 1.807) is 0 Å². The number of nitrogens with zero attached hydrogens (tertiary/aromatic N) is 3. The van der Waals surface area contributed by atoms with Crippen molar-refractivity contribution in [3.63, 3.8) is 0 Å². The second kappa shape index (κ2) is 4.18. The number of nitrogens with one attached hydrogen (secondary N) is 2. The van der Waals surface area contributed by atoms with Crippen LogP contribution >= 0.6 is 0 Å². The highest BCUT2D eigenvalue weighted by Crippen LogP contribution is 2.18. The Balaban J connectivity index is 1.87. The van der Waals surface area contributed by atoms with E-state index in [-0.39, 0.29) is 0 Å². The third-order valence-corrected chi connectivity index (χ3v) is 3.16. The molecule has 3 rings (SSSR count). The lowest BCUT2D eigenvalue weighted by molar-refractivity contribution is 0.925. The fraction of sp³-hybridized carbons (Fsp3) is 0.231. The number of para-hydroxylation sites is 2. The molecule has 0 spiro atoms. The minimum atomic E-state index is 0.722. The molecule has 2 heterocycles. The highest BCUT2D eigenvalue weighted by molar-refractivity contribution is 5.78. The molecule has 0 bridgehead atoms. The van der Waals surface area contributed by atoms with E-state index in [9.17, 15) is 0 Å². The molecule has 0 unspecified atom stereocenters. The lowest BCUT2D eigenvalue weighted by Crippen LogP contribution is -2.05. The van der Waals surface area contributed by atoms with Crippen molar-refractivity contribution in [2.24, 2.45) is 7.05 Å². The molecule has 3 aromatic rings. The predicted molar refractivity (Wildman–Crippen MR) is 71.4 cm³/mol. The van der Waals surface area contributed by atoms with Crippen LogP contribution in [-0.4, -0.2) is 19.7 Å². The Morgan fingerprint density at radius 2 is 2.17 bits per heavy atom. The molecule has 0 aliphatic rings. The second-order valence-corrected chi connectivity index (χ2v) is 4.36. The summed E-state index contributed by atoms with van der Waals surface area (Å²) in [6.07, 6.45) is 1.84. The first-order valence-corrected chi connectivity index (χ1v) is 5.90. The lowest BCUT2D eigenvalue weighted by Gasteiger charge is -2.05. The molecule has 0 atom stereocenters.